The van der Waals surface area contributed by atoms with Crippen molar-refractivity contribution in [3.05, 3.63) is 41.5 Å². The van der Waals surface area contributed by atoms with Crippen LogP contribution in [0.5, 0.6) is 0 Å². The SMILES string of the molecule is CSc1ccc(-c2cn3c(CN)csc3n2)cc1. The van der Waals surface area contributed by atoms with E-state index in [0.29, 0.717) is 6.54 Å². The van der Waals surface area contributed by atoms with Crippen molar-refractivity contribution in [3.63, 3.8) is 0 Å². The van der Waals surface area contributed by atoms with Crippen LogP contribution in [0.4, 0.5) is 0 Å². The number of thiazole rings is 1. The summed E-state index contributed by atoms with van der Waals surface area (Å²) < 4.78 is 2.07. The maximum atomic E-state index is 5.70. The number of hydrogen-bond donors (Lipinski definition) is 1. The van der Waals surface area contributed by atoms with E-state index in [0.717, 1.165) is 21.9 Å². The van der Waals surface area contributed by atoms with Crippen molar-refractivity contribution in [2.75, 3.05) is 6.26 Å². The molecular weight excluding hydrogens is 262 g/mol. The molecular formula is C13H13N3S2. The van der Waals surface area contributed by atoms with Crippen LogP contribution >= 0.6 is 23.1 Å². The summed E-state index contributed by atoms with van der Waals surface area (Å²) in [6, 6.07) is 8.47. The van der Waals surface area contributed by atoms with Crippen molar-refractivity contribution >= 4 is 28.1 Å². The second kappa shape index (κ2) is 4.76. The average molecular weight is 275 g/mol. The van der Waals surface area contributed by atoms with E-state index < -0.39 is 0 Å². The molecule has 3 aromatic rings. The zero-order valence-corrected chi connectivity index (χ0v) is 11.6. The summed E-state index contributed by atoms with van der Waals surface area (Å²) in [7, 11) is 0. The molecule has 3 nitrogen and oxygen atoms in total. The molecule has 0 unspecified atom stereocenters. The lowest BCUT2D eigenvalue weighted by molar-refractivity contribution is 0.966. The fraction of sp³-hybridized carbons (Fsp3) is 0.154. The van der Waals surface area contributed by atoms with E-state index in [9.17, 15) is 0 Å². The van der Waals surface area contributed by atoms with Crippen LogP contribution in [0, 0.1) is 0 Å². The molecule has 2 heterocycles. The van der Waals surface area contributed by atoms with E-state index >= 15 is 0 Å². The van der Waals surface area contributed by atoms with Gasteiger partial charge in [-0.15, -0.1) is 23.1 Å². The van der Waals surface area contributed by atoms with Gasteiger partial charge in [-0.25, -0.2) is 4.98 Å². The molecule has 0 saturated carbocycles. The average Bonchev–Trinajstić information content (AvgIpc) is 2.98. The highest BCUT2D eigenvalue weighted by Gasteiger charge is 2.08. The number of imidazole rings is 1. The van der Waals surface area contributed by atoms with Crippen molar-refractivity contribution in [3.8, 4) is 11.3 Å². The Morgan fingerprint density at radius 2 is 2.11 bits per heavy atom. The smallest absolute Gasteiger partial charge is 0.194 e. The third-order valence-corrected chi connectivity index (χ3v) is 4.51. The number of aromatic nitrogens is 2. The highest BCUT2D eigenvalue weighted by molar-refractivity contribution is 7.98. The van der Waals surface area contributed by atoms with Crippen molar-refractivity contribution < 1.29 is 0 Å². The lowest BCUT2D eigenvalue weighted by Crippen LogP contribution is -1.98. The van der Waals surface area contributed by atoms with Gasteiger partial charge in [0.25, 0.3) is 0 Å². The Labute approximate surface area is 114 Å². The van der Waals surface area contributed by atoms with Crippen molar-refractivity contribution in [1.82, 2.24) is 9.38 Å². The fourth-order valence-electron chi connectivity index (χ4n) is 1.88. The topological polar surface area (TPSA) is 43.3 Å². The van der Waals surface area contributed by atoms with Gasteiger partial charge in [-0.1, -0.05) is 12.1 Å². The first-order valence-corrected chi connectivity index (χ1v) is 7.72. The Kier molecular flexibility index (Phi) is 3.11. The molecule has 0 aliphatic rings. The summed E-state index contributed by atoms with van der Waals surface area (Å²) >= 11 is 3.37. The van der Waals surface area contributed by atoms with E-state index in [4.69, 9.17) is 5.73 Å². The molecule has 0 atom stereocenters. The third kappa shape index (κ3) is 1.94. The molecule has 1 aromatic carbocycles. The Hall–Kier alpha value is -1.30. The molecule has 5 heteroatoms. The maximum Gasteiger partial charge on any atom is 0.194 e. The minimum atomic E-state index is 0.543. The normalized spacial score (nSPS) is 11.2. The van der Waals surface area contributed by atoms with Crippen LogP contribution in [0.3, 0.4) is 0 Å². The number of nitrogens with two attached hydrogens (primary N) is 1. The van der Waals surface area contributed by atoms with Gasteiger partial charge in [0.1, 0.15) is 0 Å². The van der Waals surface area contributed by atoms with Crippen molar-refractivity contribution in [2.45, 2.75) is 11.4 Å². The molecule has 2 N–H and O–H groups in total. The van der Waals surface area contributed by atoms with Gasteiger partial charge in [0.05, 0.1) is 5.69 Å². The summed E-state index contributed by atoms with van der Waals surface area (Å²) in [5.41, 5.74) is 8.96. The predicted molar refractivity (Wildman–Crippen MR) is 78.2 cm³/mol. The molecule has 0 saturated heterocycles. The number of nitrogens with zero attached hydrogens (tertiary/aromatic N) is 2. The van der Waals surface area contributed by atoms with Crippen LogP contribution in [0.15, 0.2) is 40.7 Å². The summed E-state index contributed by atoms with van der Waals surface area (Å²) in [5, 5.41) is 2.06. The summed E-state index contributed by atoms with van der Waals surface area (Å²) in [6.45, 7) is 0.543. The van der Waals surface area contributed by atoms with Crippen LogP contribution < -0.4 is 5.73 Å². The van der Waals surface area contributed by atoms with E-state index in [1.807, 2.05) is 0 Å². The Bertz CT molecular complexity index is 667. The van der Waals surface area contributed by atoms with Gasteiger partial charge >= 0.3 is 0 Å². The molecule has 0 aliphatic carbocycles. The number of hydrogen-bond acceptors (Lipinski definition) is 4. The summed E-state index contributed by atoms with van der Waals surface area (Å²) in [4.78, 5) is 6.89. The number of rotatable bonds is 3. The van der Waals surface area contributed by atoms with Gasteiger partial charge in [0.15, 0.2) is 4.96 Å². The second-order valence-corrected chi connectivity index (χ2v) is 5.65. The first-order valence-electron chi connectivity index (χ1n) is 5.62. The zero-order chi connectivity index (χ0) is 12.5. The molecule has 0 bridgehead atoms. The second-order valence-electron chi connectivity index (χ2n) is 3.94. The van der Waals surface area contributed by atoms with Gasteiger partial charge in [0.2, 0.25) is 0 Å². The predicted octanol–water partition coefficient (Wildman–Crippen LogP) is 3.24. The molecule has 0 spiro atoms. The highest BCUT2D eigenvalue weighted by atomic mass is 32.2. The molecule has 0 fully saturated rings. The van der Waals surface area contributed by atoms with Crippen molar-refractivity contribution in [1.29, 1.82) is 0 Å². The molecule has 18 heavy (non-hydrogen) atoms. The lowest BCUT2D eigenvalue weighted by Gasteiger charge is -1.98. The van der Waals surface area contributed by atoms with Gasteiger partial charge in [-0.2, -0.15) is 0 Å². The van der Waals surface area contributed by atoms with Crippen LogP contribution in [-0.2, 0) is 6.54 Å². The molecule has 3 rings (SSSR count). The third-order valence-electron chi connectivity index (χ3n) is 2.88. The maximum absolute atomic E-state index is 5.70. The van der Waals surface area contributed by atoms with Crippen LogP contribution in [0.25, 0.3) is 16.2 Å². The van der Waals surface area contributed by atoms with Crippen molar-refractivity contribution in [2.24, 2.45) is 5.73 Å². The Morgan fingerprint density at radius 1 is 1.33 bits per heavy atom. The molecule has 2 aromatic heterocycles. The van der Waals surface area contributed by atoms with Gasteiger partial charge in [-0.3, -0.25) is 4.40 Å². The first kappa shape index (κ1) is 11.8. The van der Waals surface area contributed by atoms with E-state index in [2.05, 4.69) is 51.5 Å². The highest BCUT2D eigenvalue weighted by Crippen LogP contribution is 2.25. The summed E-state index contributed by atoms with van der Waals surface area (Å²) in [6.07, 6.45) is 4.14. The van der Waals surface area contributed by atoms with E-state index in [1.165, 1.54) is 4.90 Å². The number of fused-ring (bicyclic) bond motifs is 1. The van der Waals surface area contributed by atoms with Crippen LogP contribution in [-0.4, -0.2) is 15.6 Å². The zero-order valence-electron chi connectivity index (χ0n) is 9.96. The monoisotopic (exact) mass is 275 g/mol. The largest absolute Gasteiger partial charge is 0.325 e. The number of thioether (sulfide) groups is 1. The van der Waals surface area contributed by atoms with Crippen LogP contribution in [0.1, 0.15) is 5.69 Å². The molecule has 0 aliphatic heterocycles. The first-order chi connectivity index (χ1) is 8.81. The fourth-order valence-corrected chi connectivity index (χ4v) is 3.17. The molecule has 0 radical (unpaired) electrons. The summed E-state index contributed by atoms with van der Waals surface area (Å²) in [5.74, 6) is 0. The molecule has 92 valence electrons. The molecule has 0 amide bonds. The van der Waals surface area contributed by atoms with E-state index in [-0.39, 0.29) is 0 Å². The quantitative estimate of drug-likeness (QED) is 0.746. The Balaban J connectivity index is 2.04. The van der Waals surface area contributed by atoms with E-state index in [1.54, 1.807) is 23.1 Å². The standard InChI is InChI=1S/C13H13N3S2/c1-17-11-4-2-9(3-5-11)12-7-16-10(6-14)8-18-13(16)15-12/h2-5,7-8H,6,14H2,1H3. The minimum Gasteiger partial charge on any atom is -0.325 e. The van der Waals surface area contributed by atoms with Gasteiger partial charge in [0, 0.05) is 34.3 Å². The number of benzene rings is 1. The van der Waals surface area contributed by atoms with Gasteiger partial charge in [-0.05, 0) is 18.4 Å². The Morgan fingerprint density at radius 3 is 2.78 bits per heavy atom. The van der Waals surface area contributed by atoms with Crippen LogP contribution in [0.2, 0.25) is 0 Å². The minimum absolute atomic E-state index is 0.543. The lowest BCUT2D eigenvalue weighted by atomic mass is 10.2. The van der Waals surface area contributed by atoms with Gasteiger partial charge < -0.3 is 5.73 Å².